The molecule has 6 heteroatoms. The SMILES string of the molecule is O=C(CN1CCCC1=O)NNC(=O)C1CCCCC1. The number of rotatable bonds is 3. The lowest BCUT2D eigenvalue weighted by molar-refractivity contribution is -0.135. The van der Waals surface area contributed by atoms with Gasteiger partial charge in [0.1, 0.15) is 6.54 Å². The Morgan fingerprint density at radius 2 is 1.84 bits per heavy atom. The highest BCUT2D eigenvalue weighted by Crippen LogP contribution is 2.23. The average molecular weight is 267 g/mol. The minimum atomic E-state index is -0.334. The van der Waals surface area contributed by atoms with Gasteiger partial charge in [0.25, 0.3) is 5.91 Å². The van der Waals surface area contributed by atoms with Crippen LogP contribution >= 0.6 is 0 Å². The number of carbonyl (C=O) groups is 3. The number of hydrogen-bond acceptors (Lipinski definition) is 3. The van der Waals surface area contributed by atoms with Gasteiger partial charge in [-0.3, -0.25) is 25.2 Å². The molecule has 19 heavy (non-hydrogen) atoms. The van der Waals surface area contributed by atoms with Gasteiger partial charge in [-0.15, -0.1) is 0 Å². The number of amides is 3. The van der Waals surface area contributed by atoms with Crippen LogP contribution in [0.4, 0.5) is 0 Å². The fourth-order valence-corrected chi connectivity index (χ4v) is 2.68. The Morgan fingerprint density at radius 3 is 2.47 bits per heavy atom. The summed E-state index contributed by atoms with van der Waals surface area (Å²) >= 11 is 0. The highest BCUT2D eigenvalue weighted by molar-refractivity contribution is 5.87. The first-order valence-corrected chi connectivity index (χ1v) is 7.03. The second kappa shape index (κ2) is 6.54. The molecule has 0 spiro atoms. The molecule has 0 radical (unpaired) electrons. The molecule has 0 aromatic heterocycles. The molecule has 1 aliphatic heterocycles. The topological polar surface area (TPSA) is 78.5 Å². The predicted octanol–water partition coefficient (Wildman–Crippen LogP) is 0.337. The maximum atomic E-state index is 11.8. The second-order valence-electron chi connectivity index (χ2n) is 5.29. The Hall–Kier alpha value is -1.59. The highest BCUT2D eigenvalue weighted by atomic mass is 16.2. The van der Waals surface area contributed by atoms with Crippen molar-refractivity contribution in [3.8, 4) is 0 Å². The fourth-order valence-electron chi connectivity index (χ4n) is 2.68. The zero-order chi connectivity index (χ0) is 13.7. The molecule has 106 valence electrons. The van der Waals surface area contributed by atoms with Crippen molar-refractivity contribution in [2.75, 3.05) is 13.1 Å². The lowest BCUT2D eigenvalue weighted by Crippen LogP contribution is -2.48. The van der Waals surface area contributed by atoms with Crippen molar-refractivity contribution < 1.29 is 14.4 Å². The highest BCUT2D eigenvalue weighted by Gasteiger charge is 2.24. The van der Waals surface area contributed by atoms with E-state index in [1.807, 2.05) is 0 Å². The summed E-state index contributed by atoms with van der Waals surface area (Å²) in [5, 5.41) is 0. The molecule has 0 aromatic rings. The normalized spacial score (nSPS) is 20.4. The van der Waals surface area contributed by atoms with E-state index >= 15 is 0 Å². The number of nitrogens with one attached hydrogen (secondary N) is 2. The smallest absolute Gasteiger partial charge is 0.257 e. The van der Waals surface area contributed by atoms with Crippen molar-refractivity contribution in [1.82, 2.24) is 15.8 Å². The summed E-state index contributed by atoms with van der Waals surface area (Å²) in [4.78, 5) is 36.3. The Morgan fingerprint density at radius 1 is 1.11 bits per heavy atom. The van der Waals surface area contributed by atoms with Gasteiger partial charge >= 0.3 is 0 Å². The van der Waals surface area contributed by atoms with Gasteiger partial charge in [0.15, 0.2) is 0 Å². The van der Waals surface area contributed by atoms with Crippen molar-refractivity contribution in [3.63, 3.8) is 0 Å². The molecule has 6 nitrogen and oxygen atoms in total. The van der Waals surface area contributed by atoms with Gasteiger partial charge in [-0.1, -0.05) is 19.3 Å². The van der Waals surface area contributed by atoms with Crippen LogP contribution < -0.4 is 10.9 Å². The van der Waals surface area contributed by atoms with Gasteiger partial charge in [-0.25, -0.2) is 0 Å². The Balaban J connectivity index is 1.67. The van der Waals surface area contributed by atoms with E-state index in [4.69, 9.17) is 0 Å². The molecule has 0 unspecified atom stereocenters. The molecule has 0 atom stereocenters. The van der Waals surface area contributed by atoms with E-state index in [1.165, 1.54) is 11.3 Å². The van der Waals surface area contributed by atoms with Gasteiger partial charge in [0.05, 0.1) is 0 Å². The molecule has 2 N–H and O–H groups in total. The van der Waals surface area contributed by atoms with E-state index in [-0.39, 0.29) is 30.2 Å². The summed E-state index contributed by atoms with van der Waals surface area (Å²) in [6.45, 7) is 0.659. The molecular weight excluding hydrogens is 246 g/mol. The quantitative estimate of drug-likeness (QED) is 0.724. The fraction of sp³-hybridized carbons (Fsp3) is 0.769. The van der Waals surface area contributed by atoms with Gasteiger partial charge < -0.3 is 4.90 Å². The maximum absolute atomic E-state index is 11.8. The van der Waals surface area contributed by atoms with Crippen LogP contribution in [0.15, 0.2) is 0 Å². The molecule has 1 saturated heterocycles. The third-order valence-corrected chi connectivity index (χ3v) is 3.81. The van der Waals surface area contributed by atoms with Crippen molar-refractivity contribution in [2.24, 2.45) is 5.92 Å². The monoisotopic (exact) mass is 267 g/mol. The molecule has 3 amide bonds. The molecule has 0 bridgehead atoms. The van der Waals surface area contributed by atoms with Gasteiger partial charge in [-0.2, -0.15) is 0 Å². The van der Waals surface area contributed by atoms with E-state index in [0.29, 0.717) is 13.0 Å². The Bertz CT molecular complexity index is 364. The number of nitrogens with zero attached hydrogens (tertiary/aromatic N) is 1. The van der Waals surface area contributed by atoms with Crippen LogP contribution in [0.2, 0.25) is 0 Å². The lowest BCUT2D eigenvalue weighted by Gasteiger charge is -2.21. The summed E-state index contributed by atoms with van der Waals surface area (Å²) in [5.74, 6) is -0.420. The zero-order valence-electron chi connectivity index (χ0n) is 11.1. The summed E-state index contributed by atoms with van der Waals surface area (Å²) < 4.78 is 0. The molecule has 1 aliphatic carbocycles. The largest absolute Gasteiger partial charge is 0.333 e. The number of carbonyl (C=O) groups excluding carboxylic acids is 3. The Labute approximate surface area is 112 Å². The average Bonchev–Trinajstić information content (AvgIpc) is 2.82. The first kappa shape index (κ1) is 13.8. The summed E-state index contributed by atoms with van der Waals surface area (Å²) in [7, 11) is 0. The molecule has 2 aliphatic rings. The van der Waals surface area contributed by atoms with E-state index < -0.39 is 0 Å². The molecule has 2 fully saturated rings. The molecule has 1 saturated carbocycles. The van der Waals surface area contributed by atoms with Crippen LogP contribution in [0.3, 0.4) is 0 Å². The molecule has 0 aromatic carbocycles. The standard InChI is InChI=1S/C13H21N3O3/c17-11(9-16-8-4-7-12(16)18)14-15-13(19)10-5-2-1-3-6-10/h10H,1-9H2,(H,14,17)(H,15,19). The zero-order valence-corrected chi connectivity index (χ0v) is 11.1. The number of hydrogen-bond donors (Lipinski definition) is 2. The van der Waals surface area contributed by atoms with Crippen LogP contribution in [-0.4, -0.2) is 35.7 Å². The van der Waals surface area contributed by atoms with Crippen molar-refractivity contribution in [1.29, 1.82) is 0 Å². The van der Waals surface area contributed by atoms with Gasteiger partial charge in [-0.05, 0) is 19.3 Å². The van der Waals surface area contributed by atoms with E-state index in [0.717, 1.165) is 32.1 Å². The van der Waals surface area contributed by atoms with E-state index in [2.05, 4.69) is 10.9 Å². The van der Waals surface area contributed by atoms with Crippen LogP contribution in [0.1, 0.15) is 44.9 Å². The van der Waals surface area contributed by atoms with Crippen LogP contribution in [-0.2, 0) is 14.4 Å². The van der Waals surface area contributed by atoms with E-state index in [1.54, 1.807) is 0 Å². The van der Waals surface area contributed by atoms with E-state index in [9.17, 15) is 14.4 Å². The van der Waals surface area contributed by atoms with Gasteiger partial charge in [0, 0.05) is 18.9 Å². The first-order valence-electron chi connectivity index (χ1n) is 7.03. The maximum Gasteiger partial charge on any atom is 0.257 e. The van der Waals surface area contributed by atoms with Crippen molar-refractivity contribution in [2.45, 2.75) is 44.9 Å². The summed E-state index contributed by atoms with van der Waals surface area (Å²) in [6, 6.07) is 0. The second-order valence-corrected chi connectivity index (χ2v) is 5.29. The predicted molar refractivity (Wildman–Crippen MR) is 68.7 cm³/mol. The minimum absolute atomic E-state index is 0.00811. The van der Waals surface area contributed by atoms with Gasteiger partial charge in [0.2, 0.25) is 11.8 Å². The third-order valence-electron chi connectivity index (χ3n) is 3.81. The summed E-state index contributed by atoms with van der Waals surface area (Å²) in [5.41, 5.74) is 4.86. The van der Waals surface area contributed by atoms with Crippen LogP contribution in [0, 0.1) is 5.92 Å². The lowest BCUT2D eigenvalue weighted by atomic mass is 9.89. The Kier molecular flexibility index (Phi) is 4.76. The molecule has 2 rings (SSSR count). The molecule has 1 heterocycles. The minimum Gasteiger partial charge on any atom is -0.333 e. The van der Waals surface area contributed by atoms with Crippen LogP contribution in [0.5, 0.6) is 0 Å². The molecular formula is C13H21N3O3. The number of likely N-dealkylation sites (tertiary alicyclic amines) is 1. The third kappa shape index (κ3) is 3.94. The first-order chi connectivity index (χ1) is 9.16. The summed E-state index contributed by atoms with van der Waals surface area (Å²) in [6.07, 6.45) is 6.46. The number of hydrazine groups is 1. The van der Waals surface area contributed by atoms with Crippen molar-refractivity contribution in [3.05, 3.63) is 0 Å². The van der Waals surface area contributed by atoms with Crippen LogP contribution in [0.25, 0.3) is 0 Å². The van der Waals surface area contributed by atoms with Crippen molar-refractivity contribution >= 4 is 17.7 Å².